The molecule has 6 nitrogen and oxygen atoms in total. The predicted molar refractivity (Wildman–Crippen MR) is 68.0 cm³/mol. The third-order valence-corrected chi connectivity index (χ3v) is 6.60. The number of aliphatic hydroxyl groups excluding tert-OH is 1. The monoisotopic (exact) mass is 355 g/mol. The molecule has 18 heavy (non-hydrogen) atoms. The first kappa shape index (κ1) is 13.9. The number of halogens is 1. The number of rotatable bonds is 3. The normalized spacial score (nSPS) is 25.4. The molecule has 1 fully saturated rings. The lowest BCUT2D eigenvalue weighted by molar-refractivity contribution is -0.140. The lowest BCUT2D eigenvalue weighted by Crippen LogP contribution is -2.40. The van der Waals surface area contributed by atoms with Crippen LogP contribution in [0.4, 0.5) is 0 Å². The molecule has 0 unspecified atom stereocenters. The van der Waals surface area contributed by atoms with Crippen LogP contribution in [0.25, 0.3) is 0 Å². The Balaban J connectivity index is 2.38. The SMILES string of the molecule is O=C(O)[C@H]1C[C@@H](O)CN1S(=O)(=O)c1ccc(Br)s1. The molecule has 2 rings (SSSR count). The Morgan fingerprint density at radius 2 is 2.17 bits per heavy atom. The molecule has 0 aromatic carbocycles. The van der Waals surface area contributed by atoms with Crippen LogP contribution < -0.4 is 0 Å². The van der Waals surface area contributed by atoms with Crippen molar-refractivity contribution in [3.63, 3.8) is 0 Å². The van der Waals surface area contributed by atoms with Gasteiger partial charge in [-0.15, -0.1) is 11.3 Å². The number of hydrogen-bond donors (Lipinski definition) is 2. The summed E-state index contributed by atoms with van der Waals surface area (Å²) in [7, 11) is -3.86. The van der Waals surface area contributed by atoms with Crippen molar-refractivity contribution in [2.24, 2.45) is 0 Å². The van der Waals surface area contributed by atoms with Crippen LogP contribution in [0.1, 0.15) is 6.42 Å². The van der Waals surface area contributed by atoms with Crippen molar-refractivity contribution in [3.8, 4) is 0 Å². The lowest BCUT2D eigenvalue weighted by Gasteiger charge is -2.19. The fourth-order valence-electron chi connectivity index (χ4n) is 1.83. The van der Waals surface area contributed by atoms with Crippen LogP contribution in [0.2, 0.25) is 0 Å². The minimum Gasteiger partial charge on any atom is -0.480 e. The van der Waals surface area contributed by atoms with E-state index < -0.39 is 28.1 Å². The van der Waals surface area contributed by atoms with E-state index in [1.165, 1.54) is 6.07 Å². The van der Waals surface area contributed by atoms with Crippen molar-refractivity contribution < 1.29 is 23.4 Å². The number of carbonyl (C=O) groups is 1. The quantitative estimate of drug-likeness (QED) is 0.832. The molecule has 1 aromatic heterocycles. The number of thiophene rings is 1. The zero-order chi connectivity index (χ0) is 13.5. The lowest BCUT2D eigenvalue weighted by atomic mass is 10.2. The van der Waals surface area contributed by atoms with Gasteiger partial charge in [0, 0.05) is 13.0 Å². The minimum absolute atomic E-state index is 0.0646. The summed E-state index contributed by atoms with van der Waals surface area (Å²) in [5.41, 5.74) is 0. The van der Waals surface area contributed by atoms with Crippen molar-refractivity contribution in [1.29, 1.82) is 0 Å². The van der Waals surface area contributed by atoms with E-state index in [0.717, 1.165) is 15.6 Å². The zero-order valence-electron chi connectivity index (χ0n) is 8.98. The second-order valence-electron chi connectivity index (χ2n) is 3.88. The largest absolute Gasteiger partial charge is 0.480 e. The Morgan fingerprint density at radius 1 is 1.50 bits per heavy atom. The van der Waals surface area contributed by atoms with Gasteiger partial charge in [-0.1, -0.05) is 0 Å². The third-order valence-electron chi connectivity index (χ3n) is 2.63. The van der Waals surface area contributed by atoms with E-state index in [0.29, 0.717) is 3.79 Å². The van der Waals surface area contributed by atoms with Gasteiger partial charge in [-0.3, -0.25) is 4.79 Å². The Morgan fingerprint density at radius 3 is 2.67 bits per heavy atom. The smallest absolute Gasteiger partial charge is 0.322 e. The van der Waals surface area contributed by atoms with E-state index in [2.05, 4.69) is 15.9 Å². The molecule has 2 heterocycles. The van der Waals surface area contributed by atoms with Crippen LogP contribution in [0.15, 0.2) is 20.1 Å². The van der Waals surface area contributed by atoms with Crippen molar-refractivity contribution in [2.45, 2.75) is 22.8 Å². The van der Waals surface area contributed by atoms with Gasteiger partial charge in [0.1, 0.15) is 10.3 Å². The Kier molecular flexibility index (Phi) is 3.79. The fourth-order valence-corrected chi connectivity index (χ4v) is 5.60. The number of nitrogens with zero attached hydrogens (tertiary/aromatic N) is 1. The summed E-state index contributed by atoms with van der Waals surface area (Å²) >= 11 is 4.17. The molecule has 2 atom stereocenters. The first-order valence-electron chi connectivity index (χ1n) is 5.00. The topological polar surface area (TPSA) is 94.9 Å². The van der Waals surface area contributed by atoms with E-state index in [-0.39, 0.29) is 17.2 Å². The van der Waals surface area contributed by atoms with Crippen molar-refractivity contribution in [1.82, 2.24) is 4.31 Å². The van der Waals surface area contributed by atoms with Crippen LogP contribution in [0.3, 0.4) is 0 Å². The summed E-state index contributed by atoms with van der Waals surface area (Å²) in [4.78, 5) is 11.0. The maximum Gasteiger partial charge on any atom is 0.322 e. The Hall–Kier alpha value is -0.480. The molecule has 0 saturated carbocycles. The molecule has 0 spiro atoms. The highest BCUT2D eigenvalue weighted by molar-refractivity contribution is 9.11. The van der Waals surface area contributed by atoms with Crippen molar-refractivity contribution in [3.05, 3.63) is 15.9 Å². The second kappa shape index (κ2) is 4.89. The zero-order valence-corrected chi connectivity index (χ0v) is 12.2. The van der Waals surface area contributed by atoms with Crippen LogP contribution in [0.5, 0.6) is 0 Å². The highest BCUT2D eigenvalue weighted by atomic mass is 79.9. The maximum atomic E-state index is 12.2. The average Bonchev–Trinajstić information content (AvgIpc) is 2.84. The second-order valence-corrected chi connectivity index (χ2v) is 8.46. The maximum absolute atomic E-state index is 12.2. The molecular formula is C9H10BrNO5S2. The van der Waals surface area contributed by atoms with Gasteiger partial charge in [0.15, 0.2) is 0 Å². The number of sulfonamides is 1. The van der Waals surface area contributed by atoms with E-state index in [9.17, 15) is 18.3 Å². The number of carboxylic acids is 1. The predicted octanol–water partition coefficient (Wildman–Crippen LogP) is 0.719. The van der Waals surface area contributed by atoms with E-state index in [4.69, 9.17) is 5.11 Å². The summed E-state index contributed by atoms with van der Waals surface area (Å²) in [5, 5.41) is 18.5. The number of β-amino-alcohol motifs (C(OH)–C–C–N with tert-alkyl or cyclic N) is 1. The van der Waals surface area contributed by atoms with E-state index in [1.54, 1.807) is 6.07 Å². The van der Waals surface area contributed by atoms with Crippen molar-refractivity contribution >= 4 is 43.3 Å². The average molecular weight is 356 g/mol. The standard InChI is InChI=1S/C9H10BrNO5S2/c10-7-1-2-8(17-7)18(15,16)11-4-5(12)3-6(11)9(13)14/h1-2,5-6,12H,3-4H2,(H,13,14)/t5-,6-/m1/s1. The van der Waals surface area contributed by atoms with Crippen molar-refractivity contribution in [2.75, 3.05) is 6.54 Å². The van der Waals surface area contributed by atoms with Crippen LogP contribution in [-0.2, 0) is 14.8 Å². The molecule has 1 aromatic rings. The minimum atomic E-state index is -3.86. The molecule has 2 N–H and O–H groups in total. The highest BCUT2D eigenvalue weighted by Gasteiger charge is 2.43. The van der Waals surface area contributed by atoms with Gasteiger partial charge in [-0.05, 0) is 28.1 Å². The van der Waals surface area contributed by atoms with Gasteiger partial charge in [0.2, 0.25) is 0 Å². The summed E-state index contributed by atoms with van der Waals surface area (Å²) < 4.78 is 26.1. The first-order valence-corrected chi connectivity index (χ1v) is 8.05. The van der Waals surface area contributed by atoms with Gasteiger partial charge >= 0.3 is 5.97 Å². The summed E-state index contributed by atoms with van der Waals surface area (Å²) in [6.45, 7) is -0.186. The molecule has 9 heteroatoms. The highest BCUT2D eigenvalue weighted by Crippen LogP contribution is 2.32. The van der Waals surface area contributed by atoms with Gasteiger partial charge in [-0.2, -0.15) is 4.31 Å². The first-order chi connectivity index (χ1) is 8.32. The molecule has 1 saturated heterocycles. The van der Waals surface area contributed by atoms with Gasteiger partial charge in [-0.25, -0.2) is 8.42 Å². The van der Waals surface area contributed by atoms with Gasteiger partial charge in [0.25, 0.3) is 10.0 Å². The third kappa shape index (κ3) is 2.45. The molecular weight excluding hydrogens is 346 g/mol. The summed E-state index contributed by atoms with van der Waals surface area (Å²) in [6, 6.07) is 1.79. The van der Waals surface area contributed by atoms with Crippen LogP contribution in [0, 0.1) is 0 Å². The molecule has 0 amide bonds. The molecule has 1 aliphatic rings. The molecule has 0 radical (unpaired) electrons. The number of aliphatic hydroxyl groups is 1. The number of carboxylic acid groups (broad SMARTS) is 1. The van der Waals surface area contributed by atoms with Gasteiger partial charge < -0.3 is 10.2 Å². The molecule has 0 bridgehead atoms. The summed E-state index contributed by atoms with van der Waals surface area (Å²) in [5.74, 6) is -1.24. The summed E-state index contributed by atoms with van der Waals surface area (Å²) in [6.07, 6.45) is -1.02. The Labute approximate surface area is 116 Å². The van der Waals surface area contributed by atoms with E-state index in [1.807, 2.05) is 0 Å². The van der Waals surface area contributed by atoms with E-state index >= 15 is 0 Å². The van der Waals surface area contributed by atoms with Crippen LogP contribution in [-0.4, -0.2) is 47.6 Å². The molecule has 100 valence electrons. The Bertz CT molecular complexity index is 569. The molecule has 0 aliphatic carbocycles. The number of hydrogen-bond acceptors (Lipinski definition) is 5. The molecule has 1 aliphatic heterocycles. The number of aliphatic carboxylic acids is 1. The van der Waals surface area contributed by atoms with Gasteiger partial charge in [0.05, 0.1) is 9.89 Å². The fraction of sp³-hybridized carbons (Fsp3) is 0.444. The van der Waals surface area contributed by atoms with Crippen LogP contribution >= 0.6 is 27.3 Å².